The van der Waals surface area contributed by atoms with Crippen molar-refractivity contribution in [1.82, 2.24) is 5.32 Å². The minimum atomic E-state index is 0.645. The van der Waals surface area contributed by atoms with Crippen LogP contribution in [0.25, 0.3) is 0 Å². The van der Waals surface area contributed by atoms with E-state index in [4.69, 9.17) is 16.3 Å². The van der Waals surface area contributed by atoms with Crippen LogP contribution in [0.2, 0.25) is 5.02 Å². The zero-order valence-corrected chi connectivity index (χ0v) is 13.6. The molecular formula is C18H22ClNO. The molecule has 0 aliphatic heterocycles. The maximum Gasteiger partial charge on any atom is 0.146 e. The molecule has 0 amide bonds. The van der Waals surface area contributed by atoms with Crippen LogP contribution >= 0.6 is 11.6 Å². The Hall–Kier alpha value is -1.51. The predicted octanol–water partition coefficient (Wildman–Crippen LogP) is 5.25. The molecule has 0 aliphatic carbocycles. The molecule has 0 unspecified atom stereocenters. The van der Waals surface area contributed by atoms with Crippen molar-refractivity contribution < 1.29 is 4.74 Å². The topological polar surface area (TPSA) is 21.3 Å². The number of aryl methyl sites for hydroxylation is 1. The van der Waals surface area contributed by atoms with Gasteiger partial charge in [-0.1, -0.05) is 36.7 Å². The molecule has 0 bridgehead atoms. The lowest BCUT2D eigenvalue weighted by Gasteiger charge is -2.12. The standard InChI is InChI=1S/C18H22ClNO/c1-4-10-20-12-15-8-9-18(16(19)11-15)21-17-7-5-6-13(2)14(17)3/h5-9,11,20H,4,10,12H2,1-3H3. The summed E-state index contributed by atoms with van der Waals surface area (Å²) in [6.07, 6.45) is 1.13. The lowest BCUT2D eigenvalue weighted by Crippen LogP contribution is -2.13. The Morgan fingerprint density at radius 1 is 1.10 bits per heavy atom. The molecule has 21 heavy (non-hydrogen) atoms. The summed E-state index contributed by atoms with van der Waals surface area (Å²) < 4.78 is 5.95. The molecule has 0 heterocycles. The van der Waals surface area contributed by atoms with Gasteiger partial charge in [-0.05, 0) is 61.7 Å². The van der Waals surface area contributed by atoms with Crippen LogP contribution in [-0.2, 0) is 6.54 Å². The molecule has 0 aliphatic rings. The fraction of sp³-hybridized carbons (Fsp3) is 0.333. The van der Waals surface area contributed by atoms with Gasteiger partial charge < -0.3 is 10.1 Å². The highest BCUT2D eigenvalue weighted by Crippen LogP contribution is 2.32. The third-order valence-electron chi connectivity index (χ3n) is 3.53. The largest absolute Gasteiger partial charge is 0.456 e. The highest BCUT2D eigenvalue weighted by atomic mass is 35.5. The summed E-state index contributed by atoms with van der Waals surface area (Å²) in [4.78, 5) is 0. The van der Waals surface area contributed by atoms with Crippen LogP contribution in [0.5, 0.6) is 11.5 Å². The van der Waals surface area contributed by atoms with E-state index in [0.29, 0.717) is 10.8 Å². The molecule has 0 atom stereocenters. The molecule has 3 heteroatoms. The Bertz CT molecular complexity index is 610. The second kappa shape index (κ2) is 7.48. The summed E-state index contributed by atoms with van der Waals surface area (Å²) in [5.41, 5.74) is 3.52. The van der Waals surface area contributed by atoms with Crippen molar-refractivity contribution >= 4 is 11.6 Å². The van der Waals surface area contributed by atoms with Crippen molar-refractivity contribution in [2.24, 2.45) is 0 Å². The second-order valence-electron chi connectivity index (χ2n) is 5.24. The number of ether oxygens (including phenoxy) is 1. The first-order valence-corrected chi connectivity index (χ1v) is 7.73. The van der Waals surface area contributed by atoms with Crippen molar-refractivity contribution in [3.8, 4) is 11.5 Å². The SMILES string of the molecule is CCCNCc1ccc(Oc2cccc(C)c2C)c(Cl)c1. The molecule has 0 saturated heterocycles. The summed E-state index contributed by atoms with van der Waals surface area (Å²) in [5.74, 6) is 1.55. The number of hydrogen-bond donors (Lipinski definition) is 1. The number of benzene rings is 2. The number of nitrogens with one attached hydrogen (secondary N) is 1. The van der Waals surface area contributed by atoms with Crippen LogP contribution in [0, 0.1) is 13.8 Å². The minimum absolute atomic E-state index is 0.645. The van der Waals surface area contributed by atoms with Crippen LogP contribution < -0.4 is 10.1 Å². The fourth-order valence-electron chi connectivity index (χ4n) is 2.10. The molecule has 2 nitrogen and oxygen atoms in total. The van der Waals surface area contributed by atoms with E-state index < -0.39 is 0 Å². The van der Waals surface area contributed by atoms with Crippen molar-refractivity contribution in [2.45, 2.75) is 33.7 Å². The summed E-state index contributed by atoms with van der Waals surface area (Å²) in [5, 5.41) is 4.01. The lowest BCUT2D eigenvalue weighted by molar-refractivity contribution is 0.478. The molecular weight excluding hydrogens is 282 g/mol. The predicted molar refractivity (Wildman–Crippen MR) is 89.4 cm³/mol. The van der Waals surface area contributed by atoms with Crippen LogP contribution in [0.1, 0.15) is 30.0 Å². The number of rotatable bonds is 6. The van der Waals surface area contributed by atoms with Gasteiger partial charge in [-0.3, -0.25) is 0 Å². The molecule has 0 fully saturated rings. The van der Waals surface area contributed by atoms with Gasteiger partial charge in [-0.25, -0.2) is 0 Å². The van der Waals surface area contributed by atoms with Gasteiger partial charge in [0.15, 0.2) is 0 Å². The quantitative estimate of drug-likeness (QED) is 0.736. The van der Waals surface area contributed by atoms with Gasteiger partial charge in [0.25, 0.3) is 0 Å². The zero-order chi connectivity index (χ0) is 15.2. The second-order valence-corrected chi connectivity index (χ2v) is 5.65. The molecule has 2 aromatic carbocycles. The first-order valence-electron chi connectivity index (χ1n) is 7.35. The van der Waals surface area contributed by atoms with Gasteiger partial charge >= 0.3 is 0 Å². The van der Waals surface area contributed by atoms with Gasteiger partial charge in [0.05, 0.1) is 5.02 Å². The van der Waals surface area contributed by atoms with Crippen molar-refractivity contribution in [3.63, 3.8) is 0 Å². The summed E-state index contributed by atoms with van der Waals surface area (Å²) in [6.45, 7) is 8.13. The van der Waals surface area contributed by atoms with Crippen LogP contribution in [0.3, 0.4) is 0 Å². The van der Waals surface area contributed by atoms with E-state index in [2.05, 4.69) is 38.2 Å². The lowest BCUT2D eigenvalue weighted by atomic mass is 10.1. The Kier molecular flexibility index (Phi) is 5.66. The summed E-state index contributed by atoms with van der Waals surface area (Å²) in [6, 6.07) is 12.0. The minimum Gasteiger partial charge on any atom is -0.456 e. The summed E-state index contributed by atoms with van der Waals surface area (Å²) in [7, 11) is 0. The molecule has 1 N–H and O–H groups in total. The van der Waals surface area contributed by atoms with Gasteiger partial charge in [-0.2, -0.15) is 0 Å². The van der Waals surface area contributed by atoms with Crippen molar-refractivity contribution in [3.05, 3.63) is 58.1 Å². The third-order valence-corrected chi connectivity index (χ3v) is 3.82. The van der Waals surface area contributed by atoms with Gasteiger partial charge in [0.2, 0.25) is 0 Å². The molecule has 2 rings (SSSR count). The Balaban J connectivity index is 2.12. The molecule has 0 saturated carbocycles. The van der Waals surface area contributed by atoms with Crippen LogP contribution in [-0.4, -0.2) is 6.54 Å². The number of hydrogen-bond acceptors (Lipinski definition) is 2. The molecule has 112 valence electrons. The fourth-order valence-corrected chi connectivity index (χ4v) is 2.34. The van der Waals surface area contributed by atoms with E-state index in [1.807, 2.05) is 24.3 Å². The van der Waals surface area contributed by atoms with Crippen molar-refractivity contribution in [2.75, 3.05) is 6.54 Å². The average molecular weight is 304 g/mol. The molecule has 0 radical (unpaired) electrons. The Morgan fingerprint density at radius 2 is 1.90 bits per heavy atom. The Labute approximate surface area is 132 Å². The van der Waals surface area contributed by atoms with E-state index in [-0.39, 0.29) is 0 Å². The zero-order valence-electron chi connectivity index (χ0n) is 12.9. The highest BCUT2D eigenvalue weighted by Gasteiger charge is 2.07. The van der Waals surface area contributed by atoms with E-state index in [1.165, 1.54) is 11.1 Å². The van der Waals surface area contributed by atoms with Gasteiger partial charge in [0.1, 0.15) is 11.5 Å². The Morgan fingerprint density at radius 3 is 2.62 bits per heavy atom. The van der Waals surface area contributed by atoms with Crippen LogP contribution in [0.4, 0.5) is 0 Å². The first-order chi connectivity index (χ1) is 10.1. The maximum atomic E-state index is 6.33. The maximum absolute atomic E-state index is 6.33. The van der Waals surface area contributed by atoms with Gasteiger partial charge in [-0.15, -0.1) is 0 Å². The van der Waals surface area contributed by atoms with E-state index in [1.54, 1.807) is 0 Å². The highest BCUT2D eigenvalue weighted by molar-refractivity contribution is 6.32. The molecule has 0 spiro atoms. The van der Waals surface area contributed by atoms with E-state index in [0.717, 1.165) is 30.8 Å². The third kappa shape index (κ3) is 4.23. The normalized spacial score (nSPS) is 10.7. The first kappa shape index (κ1) is 15.9. The average Bonchev–Trinajstić information content (AvgIpc) is 2.47. The van der Waals surface area contributed by atoms with Gasteiger partial charge in [0, 0.05) is 6.54 Å². The summed E-state index contributed by atoms with van der Waals surface area (Å²) >= 11 is 6.33. The van der Waals surface area contributed by atoms with E-state index >= 15 is 0 Å². The van der Waals surface area contributed by atoms with Crippen molar-refractivity contribution in [1.29, 1.82) is 0 Å². The molecule has 2 aromatic rings. The van der Waals surface area contributed by atoms with E-state index in [9.17, 15) is 0 Å². The monoisotopic (exact) mass is 303 g/mol. The molecule has 0 aromatic heterocycles. The van der Waals surface area contributed by atoms with Crippen LogP contribution in [0.15, 0.2) is 36.4 Å². The smallest absolute Gasteiger partial charge is 0.146 e. The number of halogens is 1.